The lowest BCUT2D eigenvalue weighted by Gasteiger charge is -2.37. The quantitative estimate of drug-likeness (QED) is 0.795. The largest absolute Gasteiger partial charge is 0.481 e. The van der Waals surface area contributed by atoms with Crippen molar-refractivity contribution in [3.05, 3.63) is 35.9 Å². The van der Waals surface area contributed by atoms with E-state index in [0.717, 1.165) is 44.1 Å². The van der Waals surface area contributed by atoms with Crippen molar-refractivity contribution in [2.45, 2.75) is 63.3 Å². The fourth-order valence-electron chi connectivity index (χ4n) is 5.53. The van der Waals surface area contributed by atoms with E-state index in [1.54, 1.807) is 4.90 Å². The number of aliphatic imine (C=N–C) groups is 1. The number of nitrogens with zero attached hydrogens (tertiary/aromatic N) is 2. The van der Waals surface area contributed by atoms with Gasteiger partial charge in [0.25, 0.3) is 5.91 Å². The molecule has 0 radical (unpaired) electrons. The summed E-state index contributed by atoms with van der Waals surface area (Å²) >= 11 is 0. The molecule has 4 rings (SSSR count). The van der Waals surface area contributed by atoms with Gasteiger partial charge in [-0.1, -0.05) is 49.6 Å². The first kappa shape index (κ1) is 19.9. The predicted octanol–water partition coefficient (Wildman–Crippen LogP) is 3.51. The minimum absolute atomic E-state index is 0.00783. The maximum atomic E-state index is 13.8. The van der Waals surface area contributed by atoms with Gasteiger partial charge >= 0.3 is 5.97 Å². The Morgan fingerprint density at radius 2 is 1.72 bits per heavy atom. The average Bonchev–Trinajstić information content (AvgIpc) is 3.01. The molecule has 2 fully saturated rings. The number of carbonyl (C=O) groups is 2. The van der Waals surface area contributed by atoms with Crippen LogP contribution >= 0.6 is 0 Å². The highest BCUT2D eigenvalue weighted by Gasteiger charge is 2.54. The van der Waals surface area contributed by atoms with E-state index in [1.165, 1.54) is 6.42 Å². The van der Waals surface area contributed by atoms with E-state index in [-0.39, 0.29) is 23.7 Å². The molecule has 1 unspecified atom stereocenters. The summed E-state index contributed by atoms with van der Waals surface area (Å²) in [5, 5.41) is 9.23. The van der Waals surface area contributed by atoms with Gasteiger partial charge in [0.05, 0.1) is 5.92 Å². The monoisotopic (exact) mass is 397 g/mol. The number of nitrogens with two attached hydrogens (primary N) is 1. The van der Waals surface area contributed by atoms with Gasteiger partial charge in [-0.3, -0.25) is 14.5 Å². The SMILES string of the molecule is NC1=NC(c2ccccc2)(C2CCCCC2)C(=O)N1C[C@H]1CC[C@H](C(=O)O)CC1. The molecule has 3 N–H and O–H groups in total. The van der Waals surface area contributed by atoms with Crippen molar-refractivity contribution in [1.82, 2.24) is 4.90 Å². The van der Waals surface area contributed by atoms with Crippen molar-refractivity contribution in [2.24, 2.45) is 28.5 Å². The highest BCUT2D eigenvalue weighted by atomic mass is 16.4. The highest BCUT2D eigenvalue weighted by molar-refractivity contribution is 6.07. The molecular weight excluding hydrogens is 366 g/mol. The van der Waals surface area contributed by atoms with Gasteiger partial charge in [0.1, 0.15) is 0 Å². The van der Waals surface area contributed by atoms with Crippen molar-refractivity contribution < 1.29 is 14.7 Å². The predicted molar refractivity (Wildman–Crippen MR) is 111 cm³/mol. The fraction of sp³-hybridized carbons (Fsp3) is 0.609. The van der Waals surface area contributed by atoms with Crippen molar-refractivity contribution in [2.75, 3.05) is 6.54 Å². The minimum Gasteiger partial charge on any atom is -0.481 e. The van der Waals surface area contributed by atoms with E-state index in [9.17, 15) is 14.7 Å². The Kier molecular flexibility index (Phi) is 5.61. The summed E-state index contributed by atoms with van der Waals surface area (Å²) in [5.41, 5.74) is 6.39. The molecule has 0 saturated heterocycles. The number of guanidine groups is 1. The highest BCUT2D eigenvalue weighted by Crippen LogP contribution is 2.46. The summed E-state index contributed by atoms with van der Waals surface area (Å²) in [7, 11) is 0. The second-order valence-corrected chi connectivity index (χ2v) is 8.91. The van der Waals surface area contributed by atoms with Gasteiger partial charge in [-0.2, -0.15) is 0 Å². The Labute approximate surface area is 172 Å². The Bertz CT molecular complexity index is 780. The summed E-state index contributed by atoms with van der Waals surface area (Å²) in [5.74, 6) is -0.170. The van der Waals surface area contributed by atoms with Crippen LogP contribution in [0.25, 0.3) is 0 Å². The standard InChI is InChI=1S/C23H31N3O3/c24-22-25-23(18-7-3-1-4-8-18,19-9-5-2-6-10-19)21(29)26(22)15-16-11-13-17(14-12-16)20(27)28/h1,3-4,7-8,16-17,19H,2,5-6,9-15H2,(H2,24,25)(H,27,28)/t16-,17-,23?. The van der Waals surface area contributed by atoms with Crippen LogP contribution in [0.3, 0.4) is 0 Å². The Morgan fingerprint density at radius 3 is 2.34 bits per heavy atom. The van der Waals surface area contributed by atoms with Crippen LogP contribution in [0.2, 0.25) is 0 Å². The van der Waals surface area contributed by atoms with Gasteiger partial charge in [0.15, 0.2) is 11.5 Å². The van der Waals surface area contributed by atoms with Crippen LogP contribution in [0, 0.1) is 17.8 Å². The topological polar surface area (TPSA) is 96.0 Å². The minimum atomic E-state index is -0.899. The molecule has 156 valence electrons. The van der Waals surface area contributed by atoms with Crippen molar-refractivity contribution in [1.29, 1.82) is 0 Å². The number of amides is 1. The molecule has 0 spiro atoms. The first-order valence-electron chi connectivity index (χ1n) is 11.0. The first-order valence-corrected chi connectivity index (χ1v) is 11.0. The van der Waals surface area contributed by atoms with E-state index in [1.807, 2.05) is 30.3 Å². The lowest BCUT2D eigenvalue weighted by Crippen LogP contribution is -2.48. The summed E-state index contributed by atoms with van der Waals surface area (Å²) in [6.07, 6.45) is 8.43. The molecule has 0 bridgehead atoms. The van der Waals surface area contributed by atoms with Crippen molar-refractivity contribution in [3.8, 4) is 0 Å². The Balaban J connectivity index is 1.57. The third kappa shape index (κ3) is 3.65. The first-order chi connectivity index (χ1) is 14.0. The van der Waals surface area contributed by atoms with Crippen molar-refractivity contribution >= 4 is 17.8 Å². The third-order valence-electron chi connectivity index (χ3n) is 7.19. The molecule has 6 heteroatoms. The second kappa shape index (κ2) is 8.17. The fourth-order valence-corrected chi connectivity index (χ4v) is 5.53. The van der Waals surface area contributed by atoms with Gasteiger partial charge in [-0.15, -0.1) is 0 Å². The zero-order valence-electron chi connectivity index (χ0n) is 16.9. The molecule has 1 aromatic rings. The van der Waals surface area contributed by atoms with Crippen LogP contribution in [0.4, 0.5) is 0 Å². The number of carbonyl (C=O) groups excluding carboxylic acids is 1. The van der Waals surface area contributed by atoms with Gasteiger partial charge in [0.2, 0.25) is 0 Å². The molecule has 2 saturated carbocycles. The molecular formula is C23H31N3O3. The lowest BCUT2D eigenvalue weighted by molar-refractivity contribution is -0.143. The number of benzene rings is 1. The molecule has 3 aliphatic rings. The Morgan fingerprint density at radius 1 is 1.07 bits per heavy atom. The number of carboxylic acid groups (broad SMARTS) is 1. The maximum Gasteiger partial charge on any atom is 0.306 e. The summed E-state index contributed by atoms with van der Waals surface area (Å²) < 4.78 is 0. The van der Waals surface area contributed by atoms with Crippen LogP contribution in [-0.2, 0) is 15.1 Å². The van der Waals surface area contributed by atoms with Crippen LogP contribution in [-0.4, -0.2) is 34.4 Å². The lowest BCUT2D eigenvalue weighted by atomic mass is 9.71. The second-order valence-electron chi connectivity index (χ2n) is 8.91. The van der Waals surface area contributed by atoms with Gasteiger partial charge < -0.3 is 10.8 Å². The summed E-state index contributed by atoms with van der Waals surface area (Å²) in [4.78, 5) is 31.6. The normalized spacial score (nSPS) is 31.0. The maximum absolute atomic E-state index is 13.8. The number of carboxylic acids is 1. The number of hydrogen-bond donors (Lipinski definition) is 2. The zero-order chi connectivity index (χ0) is 20.4. The zero-order valence-corrected chi connectivity index (χ0v) is 16.9. The molecule has 1 amide bonds. The van der Waals surface area contributed by atoms with Gasteiger partial charge in [-0.05, 0) is 55.9 Å². The summed E-state index contributed by atoms with van der Waals surface area (Å²) in [6, 6.07) is 9.91. The van der Waals surface area contributed by atoms with E-state index in [2.05, 4.69) is 0 Å². The number of aliphatic carboxylic acids is 1. The number of rotatable bonds is 5. The molecule has 29 heavy (non-hydrogen) atoms. The van der Waals surface area contributed by atoms with Gasteiger partial charge in [0, 0.05) is 6.54 Å². The van der Waals surface area contributed by atoms with E-state index in [0.29, 0.717) is 25.3 Å². The van der Waals surface area contributed by atoms with Gasteiger partial charge in [-0.25, -0.2) is 4.99 Å². The van der Waals surface area contributed by atoms with E-state index < -0.39 is 11.5 Å². The van der Waals surface area contributed by atoms with Crippen LogP contribution in [0.5, 0.6) is 0 Å². The number of hydrogen-bond acceptors (Lipinski definition) is 4. The van der Waals surface area contributed by atoms with Crippen LogP contribution in [0.1, 0.15) is 63.4 Å². The molecule has 1 atom stereocenters. The van der Waals surface area contributed by atoms with E-state index >= 15 is 0 Å². The molecule has 2 aliphatic carbocycles. The molecule has 1 aliphatic heterocycles. The molecule has 6 nitrogen and oxygen atoms in total. The van der Waals surface area contributed by atoms with Crippen LogP contribution < -0.4 is 5.73 Å². The average molecular weight is 398 g/mol. The summed E-state index contributed by atoms with van der Waals surface area (Å²) in [6.45, 7) is 0.543. The van der Waals surface area contributed by atoms with Crippen molar-refractivity contribution in [3.63, 3.8) is 0 Å². The molecule has 1 heterocycles. The smallest absolute Gasteiger partial charge is 0.306 e. The van der Waals surface area contributed by atoms with E-state index in [4.69, 9.17) is 10.7 Å². The van der Waals surface area contributed by atoms with Crippen LogP contribution in [0.15, 0.2) is 35.3 Å². The Hall–Kier alpha value is -2.37. The molecule has 1 aromatic carbocycles. The third-order valence-corrected chi connectivity index (χ3v) is 7.19. The molecule has 0 aromatic heterocycles.